The van der Waals surface area contributed by atoms with Gasteiger partial charge in [0, 0.05) is 37.6 Å². The number of carbonyl (C=O) groups excluding carboxylic acids is 1. The Morgan fingerprint density at radius 2 is 2.12 bits per heavy atom. The summed E-state index contributed by atoms with van der Waals surface area (Å²) in [5, 5.41) is 7.85. The molecule has 0 spiro atoms. The third-order valence-corrected chi connectivity index (χ3v) is 4.89. The van der Waals surface area contributed by atoms with E-state index in [-0.39, 0.29) is 5.91 Å². The van der Waals surface area contributed by atoms with E-state index in [4.69, 9.17) is 0 Å². The van der Waals surface area contributed by atoms with Gasteiger partial charge in [-0.25, -0.2) is 9.50 Å². The van der Waals surface area contributed by atoms with Crippen molar-refractivity contribution >= 4 is 11.6 Å². The summed E-state index contributed by atoms with van der Waals surface area (Å²) >= 11 is 0. The average molecular weight is 349 g/mol. The lowest BCUT2D eigenvalue weighted by Gasteiger charge is -2.33. The summed E-state index contributed by atoms with van der Waals surface area (Å²) in [6, 6.07) is 12.6. The van der Waals surface area contributed by atoms with E-state index >= 15 is 0 Å². The minimum Gasteiger partial charge on any atom is -0.337 e. The molecule has 0 saturated carbocycles. The Kier molecular flexibility index (Phi) is 4.67. The van der Waals surface area contributed by atoms with Gasteiger partial charge in [-0.1, -0.05) is 30.3 Å². The maximum Gasteiger partial charge on any atom is 0.259 e. The van der Waals surface area contributed by atoms with Gasteiger partial charge in [0.2, 0.25) is 0 Å². The lowest BCUT2D eigenvalue weighted by atomic mass is 10.0. The molecular weight excluding hydrogens is 326 g/mol. The van der Waals surface area contributed by atoms with Gasteiger partial charge in [0.25, 0.3) is 5.91 Å². The number of nitrogens with one attached hydrogen (secondary N) is 1. The van der Waals surface area contributed by atoms with Crippen molar-refractivity contribution in [3.05, 3.63) is 65.6 Å². The molecule has 4 rings (SSSR count). The molecule has 1 aliphatic heterocycles. The fourth-order valence-corrected chi connectivity index (χ4v) is 3.47. The van der Waals surface area contributed by atoms with Gasteiger partial charge in [-0.05, 0) is 31.4 Å². The van der Waals surface area contributed by atoms with Crippen LogP contribution in [0.25, 0.3) is 5.65 Å². The van der Waals surface area contributed by atoms with Gasteiger partial charge < -0.3 is 10.2 Å². The lowest BCUT2D eigenvalue weighted by Crippen LogP contribution is -2.47. The minimum absolute atomic E-state index is 0.0179. The number of amides is 1. The maximum absolute atomic E-state index is 13.0. The van der Waals surface area contributed by atoms with Gasteiger partial charge in [0.05, 0.1) is 6.20 Å². The van der Waals surface area contributed by atoms with Crippen LogP contribution in [0.5, 0.6) is 0 Å². The first-order valence-electron chi connectivity index (χ1n) is 9.08. The third-order valence-electron chi connectivity index (χ3n) is 4.89. The minimum atomic E-state index is 0.0179. The number of hydrogen-bond acceptors (Lipinski definition) is 4. The van der Waals surface area contributed by atoms with Crippen LogP contribution in [0.2, 0.25) is 0 Å². The summed E-state index contributed by atoms with van der Waals surface area (Å²) in [6.07, 6.45) is 5.56. The predicted molar refractivity (Wildman–Crippen MR) is 99.9 cm³/mol. The second-order valence-corrected chi connectivity index (χ2v) is 6.85. The molecule has 1 amide bonds. The summed E-state index contributed by atoms with van der Waals surface area (Å²) in [5.41, 5.74) is 3.36. The summed E-state index contributed by atoms with van der Waals surface area (Å²) in [7, 11) is 0. The van der Waals surface area contributed by atoms with Gasteiger partial charge in [-0.2, -0.15) is 5.10 Å². The summed E-state index contributed by atoms with van der Waals surface area (Å²) < 4.78 is 1.66. The van der Waals surface area contributed by atoms with Crippen LogP contribution in [0, 0.1) is 6.92 Å². The number of hydrogen-bond donors (Lipinski definition) is 1. The number of aryl methyl sites for hydroxylation is 1. The van der Waals surface area contributed by atoms with E-state index in [0.717, 1.165) is 38.2 Å². The van der Waals surface area contributed by atoms with Crippen molar-refractivity contribution < 1.29 is 4.79 Å². The zero-order valence-electron chi connectivity index (χ0n) is 14.9. The number of nitrogens with zero attached hydrogens (tertiary/aromatic N) is 4. The molecule has 1 aromatic carbocycles. The van der Waals surface area contributed by atoms with E-state index in [1.165, 1.54) is 5.56 Å². The van der Waals surface area contributed by atoms with Crippen LogP contribution in [-0.2, 0) is 6.54 Å². The zero-order chi connectivity index (χ0) is 17.9. The number of fused-ring (bicyclic) bond motifs is 1. The number of aromatic nitrogens is 3. The summed E-state index contributed by atoms with van der Waals surface area (Å²) in [5.74, 6) is 0.0179. The molecule has 2 aromatic heterocycles. The first-order chi connectivity index (χ1) is 12.7. The largest absolute Gasteiger partial charge is 0.337 e. The smallest absolute Gasteiger partial charge is 0.259 e. The standard InChI is InChI=1S/C20H23N5O/c1-15-9-11-25-19(23-15)18(13-22-25)20(26)24-10-5-8-17(14-24)21-12-16-6-3-2-4-7-16/h2-4,6-7,9,11,13,17,21H,5,8,10,12,14H2,1H3. The lowest BCUT2D eigenvalue weighted by molar-refractivity contribution is 0.0696. The molecule has 1 N–H and O–H groups in total. The Hall–Kier alpha value is -2.73. The average Bonchev–Trinajstić information content (AvgIpc) is 3.10. The molecule has 1 atom stereocenters. The molecule has 6 heteroatoms. The molecule has 134 valence electrons. The molecule has 3 aromatic rings. The molecule has 6 nitrogen and oxygen atoms in total. The fraction of sp³-hybridized carbons (Fsp3) is 0.350. The van der Waals surface area contributed by atoms with E-state index in [0.29, 0.717) is 17.3 Å². The van der Waals surface area contributed by atoms with Crippen molar-refractivity contribution in [2.45, 2.75) is 32.4 Å². The van der Waals surface area contributed by atoms with Gasteiger partial charge in [0.1, 0.15) is 5.56 Å². The van der Waals surface area contributed by atoms with Gasteiger partial charge in [0.15, 0.2) is 5.65 Å². The highest BCUT2D eigenvalue weighted by molar-refractivity contribution is 5.99. The van der Waals surface area contributed by atoms with E-state index in [2.05, 4.69) is 27.5 Å². The van der Waals surface area contributed by atoms with Crippen LogP contribution in [-0.4, -0.2) is 44.5 Å². The number of benzene rings is 1. The van der Waals surface area contributed by atoms with Crippen LogP contribution in [0.3, 0.4) is 0 Å². The Bertz CT molecular complexity index is 905. The molecule has 1 fully saturated rings. The molecule has 1 saturated heterocycles. The number of piperidine rings is 1. The Morgan fingerprint density at radius 3 is 2.96 bits per heavy atom. The van der Waals surface area contributed by atoms with Crippen LogP contribution < -0.4 is 5.32 Å². The van der Waals surface area contributed by atoms with Crippen LogP contribution in [0.1, 0.15) is 34.5 Å². The second-order valence-electron chi connectivity index (χ2n) is 6.85. The van der Waals surface area contributed by atoms with Crippen LogP contribution >= 0.6 is 0 Å². The Labute approximate surface area is 152 Å². The number of rotatable bonds is 4. The topological polar surface area (TPSA) is 62.5 Å². The zero-order valence-corrected chi connectivity index (χ0v) is 14.9. The molecule has 1 aliphatic rings. The van der Waals surface area contributed by atoms with Crippen molar-refractivity contribution in [3.8, 4) is 0 Å². The SMILES string of the molecule is Cc1ccn2ncc(C(=O)N3CCCC(NCc4ccccc4)C3)c2n1. The monoisotopic (exact) mass is 349 g/mol. The van der Waals surface area contributed by atoms with Crippen LogP contribution in [0.4, 0.5) is 0 Å². The number of likely N-dealkylation sites (tertiary alicyclic amines) is 1. The normalized spacial score (nSPS) is 17.6. The second kappa shape index (κ2) is 7.25. The maximum atomic E-state index is 13.0. The molecular formula is C20H23N5O. The van der Waals surface area contributed by atoms with Crippen molar-refractivity contribution in [2.24, 2.45) is 0 Å². The molecule has 1 unspecified atom stereocenters. The molecule has 0 bridgehead atoms. The van der Waals surface area contributed by atoms with E-state index < -0.39 is 0 Å². The third kappa shape index (κ3) is 3.46. The van der Waals surface area contributed by atoms with Crippen LogP contribution in [0.15, 0.2) is 48.8 Å². The highest BCUT2D eigenvalue weighted by Gasteiger charge is 2.26. The summed E-state index contributed by atoms with van der Waals surface area (Å²) in [6.45, 7) is 4.25. The highest BCUT2D eigenvalue weighted by Crippen LogP contribution is 2.17. The Morgan fingerprint density at radius 1 is 1.27 bits per heavy atom. The van der Waals surface area contributed by atoms with Gasteiger partial charge in [-0.3, -0.25) is 4.79 Å². The van der Waals surface area contributed by atoms with Gasteiger partial charge >= 0.3 is 0 Å². The predicted octanol–water partition coefficient (Wildman–Crippen LogP) is 2.43. The molecule has 26 heavy (non-hydrogen) atoms. The van der Waals surface area contributed by atoms with Crippen molar-refractivity contribution in [3.63, 3.8) is 0 Å². The number of carbonyl (C=O) groups is 1. The molecule has 3 heterocycles. The van der Waals surface area contributed by atoms with Gasteiger partial charge in [-0.15, -0.1) is 0 Å². The molecule has 0 radical (unpaired) electrons. The molecule has 0 aliphatic carbocycles. The summed E-state index contributed by atoms with van der Waals surface area (Å²) in [4.78, 5) is 19.4. The first kappa shape index (κ1) is 16.7. The highest BCUT2D eigenvalue weighted by atomic mass is 16.2. The van der Waals surface area contributed by atoms with E-state index in [1.54, 1.807) is 10.7 Å². The van der Waals surface area contributed by atoms with Crippen molar-refractivity contribution in [1.82, 2.24) is 24.8 Å². The van der Waals surface area contributed by atoms with E-state index in [9.17, 15) is 4.79 Å². The fourth-order valence-electron chi connectivity index (χ4n) is 3.47. The first-order valence-corrected chi connectivity index (χ1v) is 9.08. The quantitative estimate of drug-likeness (QED) is 0.786. The Balaban J connectivity index is 1.45. The van der Waals surface area contributed by atoms with Crippen molar-refractivity contribution in [2.75, 3.05) is 13.1 Å². The van der Waals surface area contributed by atoms with Crippen molar-refractivity contribution in [1.29, 1.82) is 0 Å². The van der Waals surface area contributed by atoms with E-state index in [1.807, 2.05) is 42.3 Å².